The van der Waals surface area contributed by atoms with E-state index in [9.17, 15) is 0 Å². The summed E-state index contributed by atoms with van der Waals surface area (Å²) < 4.78 is 2.66. The minimum absolute atomic E-state index is 0.213. The average molecular weight is 337 g/mol. The summed E-state index contributed by atoms with van der Waals surface area (Å²) in [4.78, 5) is 0. The number of benzene rings is 1. The molecule has 0 amide bonds. The first-order chi connectivity index (χ1) is 9.63. The molecule has 20 heavy (non-hydrogen) atoms. The molecule has 0 saturated carbocycles. The molecule has 0 aliphatic heterocycles. The highest BCUT2D eigenvalue weighted by atomic mass is 79.9. The van der Waals surface area contributed by atoms with Crippen LogP contribution in [0.4, 0.5) is 0 Å². The van der Waals surface area contributed by atoms with Gasteiger partial charge in [0.15, 0.2) is 4.60 Å². The summed E-state index contributed by atoms with van der Waals surface area (Å²) in [5.74, 6) is 0. The van der Waals surface area contributed by atoms with E-state index in [2.05, 4.69) is 69.7 Å². The molecule has 0 aliphatic carbocycles. The molecule has 0 bridgehead atoms. The molecular weight excluding hydrogens is 316 g/mol. The Bertz CT molecular complexity index is 545. The zero-order valence-electron chi connectivity index (χ0n) is 12.2. The molecule has 0 saturated heterocycles. The quantitative estimate of drug-likeness (QED) is 0.880. The van der Waals surface area contributed by atoms with Gasteiger partial charge in [0.05, 0.1) is 11.7 Å². The van der Waals surface area contributed by atoms with Crippen LogP contribution in [0.15, 0.2) is 28.9 Å². The SMILES string of the molecule is CCCNC(Cc1ccccc1C)c1c(Br)nnn1C. The van der Waals surface area contributed by atoms with E-state index >= 15 is 0 Å². The molecule has 0 radical (unpaired) electrons. The van der Waals surface area contributed by atoms with Crippen LogP contribution < -0.4 is 5.32 Å². The molecule has 5 heteroatoms. The lowest BCUT2D eigenvalue weighted by atomic mass is 9.99. The van der Waals surface area contributed by atoms with Crippen LogP contribution in [0.3, 0.4) is 0 Å². The van der Waals surface area contributed by atoms with Gasteiger partial charge in [-0.1, -0.05) is 36.4 Å². The molecule has 1 heterocycles. The largest absolute Gasteiger partial charge is 0.308 e. The van der Waals surface area contributed by atoms with Gasteiger partial charge in [-0.05, 0) is 53.4 Å². The first kappa shape index (κ1) is 15.2. The second-order valence-corrected chi connectivity index (χ2v) is 5.78. The number of nitrogens with zero attached hydrogens (tertiary/aromatic N) is 3. The summed E-state index contributed by atoms with van der Waals surface area (Å²) in [6.45, 7) is 5.31. The van der Waals surface area contributed by atoms with Crippen molar-refractivity contribution in [2.45, 2.75) is 32.7 Å². The molecule has 0 aliphatic rings. The van der Waals surface area contributed by atoms with E-state index in [0.29, 0.717) is 0 Å². The molecule has 1 unspecified atom stereocenters. The molecule has 0 spiro atoms. The third-order valence-corrected chi connectivity index (χ3v) is 4.05. The van der Waals surface area contributed by atoms with Gasteiger partial charge in [0.25, 0.3) is 0 Å². The summed E-state index contributed by atoms with van der Waals surface area (Å²) >= 11 is 3.51. The normalized spacial score (nSPS) is 12.6. The fraction of sp³-hybridized carbons (Fsp3) is 0.467. The molecule has 1 aromatic heterocycles. The standard InChI is InChI=1S/C15H21BrN4/c1-4-9-17-13(14-15(16)18-19-20(14)3)10-12-8-6-5-7-11(12)2/h5-8,13,17H,4,9-10H2,1-3H3. The van der Waals surface area contributed by atoms with Crippen LogP contribution in [0.25, 0.3) is 0 Å². The van der Waals surface area contributed by atoms with Crippen LogP contribution in [0.1, 0.15) is 36.2 Å². The fourth-order valence-corrected chi connectivity index (χ4v) is 2.96. The van der Waals surface area contributed by atoms with Crippen LogP contribution in [0.5, 0.6) is 0 Å². The Morgan fingerprint density at radius 3 is 2.70 bits per heavy atom. The predicted octanol–water partition coefficient (Wildman–Crippen LogP) is 3.17. The van der Waals surface area contributed by atoms with Crippen LogP contribution in [-0.2, 0) is 13.5 Å². The Kier molecular flexibility index (Phi) is 5.31. The topological polar surface area (TPSA) is 42.7 Å². The zero-order chi connectivity index (χ0) is 14.5. The highest BCUT2D eigenvalue weighted by Crippen LogP contribution is 2.25. The third kappa shape index (κ3) is 3.46. The van der Waals surface area contributed by atoms with Crippen LogP contribution in [0.2, 0.25) is 0 Å². The van der Waals surface area contributed by atoms with Crippen molar-refractivity contribution < 1.29 is 0 Å². The Hall–Kier alpha value is -1.20. The lowest BCUT2D eigenvalue weighted by Crippen LogP contribution is -2.26. The number of nitrogens with one attached hydrogen (secondary N) is 1. The molecule has 2 rings (SSSR count). The Morgan fingerprint density at radius 1 is 1.35 bits per heavy atom. The zero-order valence-corrected chi connectivity index (χ0v) is 13.8. The van der Waals surface area contributed by atoms with Gasteiger partial charge in [-0.15, -0.1) is 5.10 Å². The molecule has 2 aromatic rings. The van der Waals surface area contributed by atoms with E-state index < -0.39 is 0 Å². The van der Waals surface area contributed by atoms with Crippen LogP contribution in [0, 0.1) is 6.92 Å². The number of halogens is 1. The first-order valence-corrected chi connectivity index (χ1v) is 7.75. The van der Waals surface area contributed by atoms with Gasteiger partial charge in [-0.2, -0.15) is 0 Å². The first-order valence-electron chi connectivity index (χ1n) is 6.96. The molecule has 1 N–H and O–H groups in total. The number of rotatable bonds is 6. The summed E-state index contributed by atoms with van der Waals surface area (Å²) in [7, 11) is 1.94. The Labute approximate surface area is 128 Å². The summed E-state index contributed by atoms with van der Waals surface area (Å²) in [5.41, 5.74) is 3.78. The van der Waals surface area contributed by atoms with Gasteiger partial charge in [0.1, 0.15) is 0 Å². The van der Waals surface area contributed by atoms with Crippen molar-refractivity contribution in [2.24, 2.45) is 7.05 Å². The summed E-state index contributed by atoms with van der Waals surface area (Å²) in [5, 5.41) is 11.8. The van der Waals surface area contributed by atoms with E-state index in [1.807, 2.05) is 11.7 Å². The molecule has 1 atom stereocenters. The van der Waals surface area contributed by atoms with Gasteiger partial charge < -0.3 is 5.32 Å². The van der Waals surface area contributed by atoms with E-state index in [4.69, 9.17) is 0 Å². The van der Waals surface area contributed by atoms with E-state index in [-0.39, 0.29) is 6.04 Å². The molecule has 4 nitrogen and oxygen atoms in total. The van der Waals surface area contributed by atoms with Crippen LogP contribution >= 0.6 is 15.9 Å². The summed E-state index contributed by atoms with van der Waals surface area (Å²) in [6, 6.07) is 8.73. The fourth-order valence-electron chi connectivity index (χ4n) is 2.35. The summed E-state index contributed by atoms with van der Waals surface area (Å²) in [6.07, 6.45) is 2.04. The van der Waals surface area contributed by atoms with E-state index in [0.717, 1.165) is 29.7 Å². The molecule has 1 aromatic carbocycles. The smallest absolute Gasteiger partial charge is 0.153 e. The van der Waals surface area contributed by atoms with E-state index in [1.54, 1.807) is 0 Å². The van der Waals surface area contributed by atoms with Crippen molar-refractivity contribution in [2.75, 3.05) is 6.54 Å². The lowest BCUT2D eigenvalue weighted by Gasteiger charge is -2.20. The Morgan fingerprint density at radius 2 is 2.10 bits per heavy atom. The molecule has 0 fully saturated rings. The highest BCUT2D eigenvalue weighted by Gasteiger charge is 2.20. The number of hydrogen-bond acceptors (Lipinski definition) is 3. The molecular formula is C15H21BrN4. The second kappa shape index (κ2) is 6.99. The van der Waals surface area contributed by atoms with Crippen molar-refractivity contribution in [3.05, 3.63) is 45.7 Å². The van der Waals surface area contributed by atoms with Gasteiger partial charge in [-0.25, -0.2) is 4.68 Å². The number of aryl methyl sites for hydroxylation is 2. The van der Waals surface area contributed by atoms with Crippen molar-refractivity contribution in [3.8, 4) is 0 Å². The minimum Gasteiger partial charge on any atom is -0.308 e. The van der Waals surface area contributed by atoms with Gasteiger partial charge in [-0.3, -0.25) is 0 Å². The van der Waals surface area contributed by atoms with Crippen molar-refractivity contribution >= 4 is 15.9 Å². The maximum Gasteiger partial charge on any atom is 0.153 e. The van der Waals surface area contributed by atoms with Crippen LogP contribution in [-0.4, -0.2) is 21.5 Å². The van der Waals surface area contributed by atoms with Gasteiger partial charge >= 0.3 is 0 Å². The maximum atomic E-state index is 4.10. The van der Waals surface area contributed by atoms with E-state index in [1.165, 1.54) is 11.1 Å². The van der Waals surface area contributed by atoms with Crippen molar-refractivity contribution in [1.29, 1.82) is 0 Å². The predicted molar refractivity (Wildman–Crippen MR) is 84.6 cm³/mol. The number of aromatic nitrogens is 3. The minimum atomic E-state index is 0.213. The van der Waals surface area contributed by atoms with Gasteiger partial charge in [0, 0.05) is 7.05 Å². The average Bonchev–Trinajstić information content (AvgIpc) is 2.76. The maximum absolute atomic E-state index is 4.10. The molecule has 108 valence electrons. The Balaban J connectivity index is 2.27. The van der Waals surface area contributed by atoms with Gasteiger partial charge in [0.2, 0.25) is 0 Å². The van der Waals surface area contributed by atoms with Crippen molar-refractivity contribution in [3.63, 3.8) is 0 Å². The number of hydrogen-bond donors (Lipinski definition) is 1. The van der Waals surface area contributed by atoms with Crippen molar-refractivity contribution in [1.82, 2.24) is 20.3 Å². The monoisotopic (exact) mass is 336 g/mol. The second-order valence-electron chi connectivity index (χ2n) is 5.03. The third-order valence-electron chi connectivity index (χ3n) is 3.48. The highest BCUT2D eigenvalue weighted by molar-refractivity contribution is 9.10. The lowest BCUT2D eigenvalue weighted by molar-refractivity contribution is 0.490.